The highest BCUT2D eigenvalue weighted by molar-refractivity contribution is 7.22. The molecule has 0 N–H and O–H groups in total. The lowest BCUT2D eigenvalue weighted by Gasteiger charge is -2.34. The third-order valence-corrected chi connectivity index (χ3v) is 7.18. The summed E-state index contributed by atoms with van der Waals surface area (Å²) in [6.45, 7) is 9.45. The van der Waals surface area contributed by atoms with Crippen molar-refractivity contribution in [2.24, 2.45) is 11.8 Å². The van der Waals surface area contributed by atoms with Gasteiger partial charge in [-0.05, 0) is 48.6 Å². The van der Waals surface area contributed by atoms with Crippen LogP contribution in [-0.2, 0) is 9.59 Å². The lowest BCUT2D eigenvalue weighted by Crippen LogP contribution is -2.44. The molecule has 1 aliphatic rings. The smallest absolute Gasteiger partial charge is 0.236 e. The zero-order valence-corrected chi connectivity index (χ0v) is 20.1. The first-order valence-corrected chi connectivity index (χ1v) is 12.2. The number of fused-ring (bicyclic) bond motifs is 1. The van der Waals surface area contributed by atoms with Crippen LogP contribution in [0.5, 0.6) is 0 Å². The van der Waals surface area contributed by atoms with E-state index >= 15 is 0 Å². The second-order valence-corrected chi connectivity index (χ2v) is 10.1. The van der Waals surface area contributed by atoms with Crippen LogP contribution in [0.25, 0.3) is 10.2 Å². The minimum Gasteiger partial charge on any atom is -0.342 e. The molecule has 32 heavy (non-hydrogen) atoms. The fraction of sp³-hybridized carbons (Fsp3) is 0.423. The maximum absolute atomic E-state index is 13.8. The third kappa shape index (κ3) is 4.56. The Morgan fingerprint density at radius 2 is 1.66 bits per heavy atom. The number of amides is 2. The molecule has 0 atom stereocenters. The van der Waals surface area contributed by atoms with Crippen molar-refractivity contribution in [3.63, 3.8) is 0 Å². The average molecular weight is 450 g/mol. The van der Waals surface area contributed by atoms with E-state index in [4.69, 9.17) is 4.98 Å². The van der Waals surface area contributed by atoms with Gasteiger partial charge in [0.05, 0.1) is 15.9 Å². The first-order chi connectivity index (χ1) is 15.3. The zero-order valence-electron chi connectivity index (χ0n) is 19.2. The van der Waals surface area contributed by atoms with Crippen LogP contribution in [-0.4, -0.2) is 34.8 Å². The van der Waals surface area contributed by atoms with Crippen LogP contribution >= 0.6 is 11.3 Å². The fourth-order valence-electron chi connectivity index (χ4n) is 4.19. The first-order valence-electron chi connectivity index (χ1n) is 11.4. The number of piperidine rings is 1. The van der Waals surface area contributed by atoms with Gasteiger partial charge in [-0.3, -0.25) is 14.5 Å². The summed E-state index contributed by atoms with van der Waals surface area (Å²) in [7, 11) is 0. The predicted octanol–water partition coefficient (Wildman–Crippen LogP) is 5.98. The number of rotatable bonds is 5. The molecule has 2 heterocycles. The normalized spacial score (nSPS) is 15.0. The summed E-state index contributed by atoms with van der Waals surface area (Å²) in [5.74, 6) is 0.531. The molecule has 1 aliphatic heterocycles. The Kier molecular flexibility index (Phi) is 6.60. The Hall–Kier alpha value is -2.73. The van der Waals surface area contributed by atoms with Gasteiger partial charge in [-0.1, -0.05) is 63.3 Å². The fourth-order valence-corrected chi connectivity index (χ4v) is 5.18. The van der Waals surface area contributed by atoms with E-state index in [1.54, 1.807) is 16.2 Å². The number of anilines is 2. The van der Waals surface area contributed by atoms with Gasteiger partial charge >= 0.3 is 0 Å². The topological polar surface area (TPSA) is 53.5 Å². The highest BCUT2D eigenvalue weighted by Gasteiger charge is 2.33. The van der Waals surface area contributed by atoms with Gasteiger partial charge in [0.2, 0.25) is 11.8 Å². The highest BCUT2D eigenvalue weighted by Crippen LogP contribution is 2.36. The molecule has 1 saturated heterocycles. The molecule has 0 saturated carbocycles. The number of carbonyl (C=O) groups excluding carboxylic acids is 2. The summed E-state index contributed by atoms with van der Waals surface area (Å²) in [6, 6.07) is 16.2. The molecule has 3 aromatic rings. The van der Waals surface area contributed by atoms with E-state index in [-0.39, 0.29) is 23.7 Å². The van der Waals surface area contributed by atoms with E-state index in [1.165, 1.54) is 5.56 Å². The highest BCUT2D eigenvalue weighted by atomic mass is 32.1. The van der Waals surface area contributed by atoms with Gasteiger partial charge in [-0.25, -0.2) is 4.98 Å². The molecule has 0 aliphatic carbocycles. The van der Waals surface area contributed by atoms with E-state index in [0.717, 1.165) is 15.9 Å². The van der Waals surface area contributed by atoms with Crippen LogP contribution < -0.4 is 4.90 Å². The lowest BCUT2D eigenvalue weighted by molar-refractivity contribution is -0.137. The number of aromatic nitrogens is 1. The number of benzene rings is 2. The van der Waals surface area contributed by atoms with Crippen molar-refractivity contribution in [1.82, 2.24) is 9.88 Å². The number of hydrogen-bond donors (Lipinski definition) is 0. The SMILES string of the molecule is CC(C)C(=O)N1CCC(C(=O)N(c2ccc(C(C)C)cc2)c2nc3ccccc3s2)CC1. The van der Waals surface area contributed by atoms with Gasteiger partial charge in [0, 0.05) is 24.9 Å². The largest absolute Gasteiger partial charge is 0.342 e. The van der Waals surface area contributed by atoms with E-state index in [1.807, 2.05) is 55.1 Å². The minimum absolute atomic E-state index is 0.0130. The number of carbonyl (C=O) groups is 2. The Morgan fingerprint density at radius 3 is 2.25 bits per heavy atom. The molecular formula is C26H31N3O2S. The predicted molar refractivity (Wildman–Crippen MR) is 131 cm³/mol. The summed E-state index contributed by atoms with van der Waals surface area (Å²) < 4.78 is 1.07. The van der Waals surface area contributed by atoms with Crippen LogP contribution in [0.1, 0.15) is 52.0 Å². The van der Waals surface area contributed by atoms with Gasteiger partial charge in [0.25, 0.3) is 0 Å². The Labute approximate surface area is 194 Å². The van der Waals surface area contributed by atoms with E-state index in [9.17, 15) is 9.59 Å². The Bertz CT molecular complexity index is 1060. The number of thiazole rings is 1. The van der Waals surface area contributed by atoms with Crippen LogP contribution in [0, 0.1) is 11.8 Å². The quantitative estimate of drug-likeness (QED) is 0.481. The first kappa shape index (κ1) is 22.5. The zero-order chi connectivity index (χ0) is 22.8. The number of likely N-dealkylation sites (tertiary alicyclic amines) is 1. The van der Waals surface area contributed by atoms with Crippen molar-refractivity contribution in [2.45, 2.75) is 46.5 Å². The second kappa shape index (κ2) is 9.41. The lowest BCUT2D eigenvalue weighted by atomic mass is 9.94. The third-order valence-electron chi connectivity index (χ3n) is 6.16. The molecule has 1 aromatic heterocycles. The average Bonchev–Trinajstić information content (AvgIpc) is 3.22. The molecule has 4 rings (SSSR count). The molecule has 0 radical (unpaired) electrons. The van der Waals surface area contributed by atoms with Crippen molar-refractivity contribution in [3.05, 3.63) is 54.1 Å². The summed E-state index contributed by atoms with van der Waals surface area (Å²) >= 11 is 1.54. The van der Waals surface area contributed by atoms with Crippen LogP contribution in [0.2, 0.25) is 0 Å². The standard InChI is InChI=1S/C26H31N3O2S/c1-17(2)19-9-11-21(12-10-19)29(26-27-22-7-5-6-8-23(22)32-26)25(31)20-13-15-28(16-14-20)24(30)18(3)4/h5-12,17-18,20H,13-16H2,1-4H3. The minimum atomic E-state index is -0.122. The molecule has 2 amide bonds. The molecule has 0 unspecified atom stereocenters. The van der Waals surface area contributed by atoms with E-state index in [2.05, 4.69) is 26.0 Å². The number of para-hydroxylation sites is 1. The molecule has 6 heteroatoms. The molecule has 168 valence electrons. The molecular weight excluding hydrogens is 418 g/mol. The van der Waals surface area contributed by atoms with Crippen molar-refractivity contribution in [1.29, 1.82) is 0 Å². The molecule has 0 bridgehead atoms. The van der Waals surface area contributed by atoms with Gasteiger partial charge in [-0.15, -0.1) is 0 Å². The van der Waals surface area contributed by atoms with Gasteiger partial charge < -0.3 is 4.90 Å². The van der Waals surface area contributed by atoms with Crippen molar-refractivity contribution >= 4 is 44.2 Å². The number of nitrogens with zero attached hydrogens (tertiary/aromatic N) is 3. The Balaban J connectivity index is 1.63. The maximum Gasteiger partial charge on any atom is 0.236 e. The van der Waals surface area contributed by atoms with Gasteiger partial charge in [-0.2, -0.15) is 0 Å². The monoisotopic (exact) mass is 449 g/mol. The van der Waals surface area contributed by atoms with Crippen molar-refractivity contribution in [3.8, 4) is 0 Å². The van der Waals surface area contributed by atoms with E-state index in [0.29, 0.717) is 37.0 Å². The van der Waals surface area contributed by atoms with Gasteiger partial charge in [0.1, 0.15) is 0 Å². The van der Waals surface area contributed by atoms with Crippen molar-refractivity contribution in [2.75, 3.05) is 18.0 Å². The Morgan fingerprint density at radius 1 is 1.00 bits per heavy atom. The molecule has 5 nitrogen and oxygen atoms in total. The van der Waals surface area contributed by atoms with Crippen LogP contribution in [0.3, 0.4) is 0 Å². The van der Waals surface area contributed by atoms with Crippen LogP contribution in [0.15, 0.2) is 48.5 Å². The summed E-state index contributed by atoms with van der Waals surface area (Å²) in [6.07, 6.45) is 1.37. The molecule has 1 fully saturated rings. The van der Waals surface area contributed by atoms with Crippen molar-refractivity contribution < 1.29 is 9.59 Å². The summed E-state index contributed by atoms with van der Waals surface area (Å²) in [5, 5.41) is 0.703. The molecule has 2 aromatic carbocycles. The summed E-state index contributed by atoms with van der Waals surface area (Å²) in [5.41, 5.74) is 2.99. The maximum atomic E-state index is 13.8. The van der Waals surface area contributed by atoms with Gasteiger partial charge in [0.15, 0.2) is 5.13 Å². The molecule has 0 spiro atoms. The summed E-state index contributed by atoms with van der Waals surface area (Å²) in [4.78, 5) is 34.6. The number of hydrogen-bond acceptors (Lipinski definition) is 4. The van der Waals surface area contributed by atoms with Crippen LogP contribution in [0.4, 0.5) is 10.8 Å². The van der Waals surface area contributed by atoms with E-state index < -0.39 is 0 Å². The second-order valence-electron chi connectivity index (χ2n) is 9.14.